The number of carbonyl (C=O) groups excluding carboxylic acids is 1. The third-order valence-corrected chi connectivity index (χ3v) is 0.913. The van der Waals surface area contributed by atoms with Gasteiger partial charge in [-0.25, -0.2) is 4.79 Å². The molecule has 0 fully saturated rings. The van der Waals surface area contributed by atoms with Gasteiger partial charge in [0.05, 0.1) is 0 Å². The first-order valence-corrected chi connectivity index (χ1v) is 3.54. The summed E-state index contributed by atoms with van der Waals surface area (Å²) in [6, 6.07) is -0.166. The summed E-state index contributed by atoms with van der Waals surface area (Å²) in [6.07, 6.45) is 0.957. The minimum atomic E-state index is -0.135. The summed E-state index contributed by atoms with van der Waals surface area (Å²) in [6.45, 7) is 8.17. The van der Waals surface area contributed by atoms with Crippen LogP contribution in [0.1, 0.15) is 20.3 Å². The lowest BCUT2D eigenvalue weighted by atomic mass is 10.4. The van der Waals surface area contributed by atoms with Crippen LogP contribution in [0.5, 0.6) is 0 Å². The van der Waals surface area contributed by atoms with Crippen molar-refractivity contribution < 1.29 is 4.79 Å². The highest BCUT2D eigenvalue weighted by molar-refractivity contribution is 5.74. The van der Waals surface area contributed by atoms with Crippen molar-refractivity contribution in [3.8, 4) is 0 Å². The molecule has 3 nitrogen and oxygen atoms in total. The first kappa shape index (κ1) is 9.27. The smallest absolute Gasteiger partial charge is 0.314 e. The summed E-state index contributed by atoms with van der Waals surface area (Å²) in [5.41, 5.74) is 0. The third kappa shape index (κ3) is 5.41. The van der Waals surface area contributed by atoms with Gasteiger partial charge in [0.2, 0.25) is 0 Å². The number of hydrogen-bond donors (Lipinski definition) is 2. The number of amides is 2. The normalized spacial score (nSPS) is 9.60. The molecular weight excluding hydrogens is 128 g/mol. The average molecular weight is 143 g/mol. The number of carbonyl (C=O) groups is 1. The van der Waals surface area contributed by atoms with Gasteiger partial charge >= 0.3 is 6.03 Å². The Bertz CT molecular complexity index is 102. The molecule has 0 aromatic heterocycles. The van der Waals surface area contributed by atoms with Crippen molar-refractivity contribution in [1.29, 1.82) is 0 Å². The lowest BCUT2D eigenvalue weighted by Gasteiger charge is -2.08. The molecule has 0 aromatic rings. The fourth-order valence-corrected chi connectivity index (χ4v) is 0.513. The van der Waals surface area contributed by atoms with E-state index in [0.29, 0.717) is 0 Å². The topological polar surface area (TPSA) is 41.1 Å². The molecule has 2 amide bonds. The van der Waals surface area contributed by atoms with Crippen LogP contribution in [0.25, 0.3) is 0 Å². The van der Waals surface area contributed by atoms with E-state index in [2.05, 4.69) is 17.6 Å². The first-order chi connectivity index (χ1) is 4.66. The van der Waals surface area contributed by atoms with E-state index in [1.165, 1.54) is 0 Å². The molecule has 0 aliphatic rings. The maximum Gasteiger partial charge on any atom is 0.314 e. The van der Waals surface area contributed by atoms with Crippen LogP contribution in [0.2, 0.25) is 0 Å². The molecule has 2 N–H and O–H groups in total. The van der Waals surface area contributed by atoms with E-state index < -0.39 is 0 Å². The Balaban J connectivity index is 3.26. The first-order valence-electron chi connectivity index (χ1n) is 3.54. The Morgan fingerprint density at radius 1 is 1.70 bits per heavy atom. The molecule has 1 atom stereocenters. The van der Waals surface area contributed by atoms with E-state index in [-0.39, 0.29) is 12.1 Å². The van der Waals surface area contributed by atoms with Crippen LogP contribution in [0.15, 0.2) is 0 Å². The zero-order valence-electron chi connectivity index (χ0n) is 6.61. The van der Waals surface area contributed by atoms with Gasteiger partial charge in [-0.15, -0.1) is 0 Å². The van der Waals surface area contributed by atoms with Crippen LogP contribution in [0, 0.1) is 6.92 Å². The predicted octanol–water partition coefficient (Wildman–Crippen LogP) is 0.918. The maximum absolute atomic E-state index is 10.8. The maximum atomic E-state index is 10.8. The van der Waals surface area contributed by atoms with Gasteiger partial charge < -0.3 is 10.6 Å². The van der Waals surface area contributed by atoms with Gasteiger partial charge in [-0.1, -0.05) is 6.92 Å². The minimum Gasteiger partial charge on any atom is -0.338 e. The highest BCUT2D eigenvalue weighted by Crippen LogP contribution is 1.76. The van der Waals surface area contributed by atoms with Crippen LogP contribution >= 0.6 is 0 Å². The largest absolute Gasteiger partial charge is 0.338 e. The van der Waals surface area contributed by atoms with E-state index in [1.54, 1.807) is 0 Å². The summed E-state index contributed by atoms with van der Waals surface area (Å²) in [7, 11) is 0. The van der Waals surface area contributed by atoms with Gasteiger partial charge in [-0.3, -0.25) is 0 Å². The fraction of sp³-hybridized carbons (Fsp3) is 0.714. The molecule has 1 unspecified atom stereocenters. The van der Waals surface area contributed by atoms with Gasteiger partial charge in [0.25, 0.3) is 0 Å². The van der Waals surface area contributed by atoms with E-state index in [9.17, 15) is 4.79 Å². The molecular formula is C7H15N2O. The molecule has 0 aliphatic carbocycles. The monoisotopic (exact) mass is 143 g/mol. The van der Waals surface area contributed by atoms with E-state index >= 15 is 0 Å². The number of nitrogens with one attached hydrogen (secondary N) is 2. The van der Waals surface area contributed by atoms with Crippen molar-refractivity contribution in [2.45, 2.75) is 26.3 Å². The molecule has 0 bridgehead atoms. The summed E-state index contributed by atoms with van der Waals surface area (Å²) in [5, 5.41) is 5.29. The number of hydrogen-bond acceptors (Lipinski definition) is 1. The number of rotatable bonds is 3. The minimum absolute atomic E-state index is 0.0307. The Morgan fingerprint density at radius 3 is 2.70 bits per heavy atom. The van der Waals surface area contributed by atoms with Crippen LogP contribution < -0.4 is 10.6 Å². The highest BCUT2D eigenvalue weighted by atomic mass is 16.2. The van der Waals surface area contributed by atoms with Gasteiger partial charge in [-0.05, 0) is 20.3 Å². The van der Waals surface area contributed by atoms with E-state index in [0.717, 1.165) is 13.0 Å². The van der Waals surface area contributed by atoms with Crippen molar-refractivity contribution in [2.75, 3.05) is 6.54 Å². The number of urea groups is 1. The Kier molecular flexibility index (Phi) is 4.72. The van der Waals surface area contributed by atoms with Crippen LogP contribution in [-0.2, 0) is 0 Å². The molecule has 0 aromatic carbocycles. The molecule has 0 rings (SSSR count). The average Bonchev–Trinajstić information content (AvgIpc) is 1.82. The molecule has 0 heterocycles. The van der Waals surface area contributed by atoms with Gasteiger partial charge in [0, 0.05) is 12.6 Å². The van der Waals surface area contributed by atoms with Crippen molar-refractivity contribution in [1.82, 2.24) is 10.6 Å². The van der Waals surface area contributed by atoms with Crippen molar-refractivity contribution in [2.24, 2.45) is 0 Å². The zero-order valence-corrected chi connectivity index (χ0v) is 6.61. The Labute approximate surface area is 62.2 Å². The van der Waals surface area contributed by atoms with E-state index in [1.807, 2.05) is 13.8 Å². The molecule has 0 aliphatic heterocycles. The van der Waals surface area contributed by atoms with Crippen molar-refractivity contribution in [3.05, 3.63) is 6.92 Å². The molecule has 0 saturated heterocycles. The standard InChI is InChI=1S/C7H15N2O/c1-4-5-8-7(10)9-6(2)3/h6H,2,4-5H2,1,3H3,(H2,8,9,10). The molecule has 1 radical (unpaired) electrons. The molecule has 59 valence electrons. The van der Waals surface area contributed by atoms with Crippen LogP contribution in [-0.4, -0.2) is 18.6 Å². The molecule has 10 heavy (non-hydrogen) atoms. The van der Waals surface area contributed by atoms with Gasteiger partial charge in [-0.2, -0.15) is 0 Å². The van der Waals surface area contributed by atoms with Crippen molar-refractivity contribution >= 4 is 6.03 Å². The second-order valence-electron chi connectivity index (χ2n) is 2.30. The SMILES string of the molecule is [CH2]C(C)NC(=O)NCCC. The highest BCUT2D eigenvalue weighted by Gasteiger charge is 1.98. The summed E-state index contributed by atoms with van der Waals surface area (Å²) in [4.78, 5) is 10.8. The Hall–Kier alpha value is -0.730. The van der Waals surface area contributed by atoms with E-state index in [4.69, 9.17) is 0 Å². The van der Waals surface area contributed by atoms with Crippen molar-refractivity contribution in [3.63, 3.8) is 0 Å². The van der Waals surface area contributed by atoms with Gasteiger partial charge in [0.1, 0.15) is 0 Å². The summed E-state index contributed by atoms with van der Waals surface area (Å²) < 4.78 is 0. The van der Waals surface area contributed by atoms with Crippen LogP contribution in [0.4, 0.5) is 4.79 Å². The second kappa shape index (κ2) is 5.09. The Morgan fingerprint density at radius 2 is 2.30 bits per heavy atom. The second-order valence-corrected chi connectivity index (χ2v) is 2.30. The molecule has 3 heteroatoms. The van der Waals surface area contributed by atoms with Gasteiger partial charge in [0.15, 0.2) is 0 Å². The quantitative estimate of drug-likeness (QED) is 0.606. The lowest BCUT2D eigenvalue weighted by molar-refractivity contribution is 0.239. The fourth-order valence-electron chi connectivity index (χ4n) is 0.513. The predicted molar refractivity (Wildman–Crippen MR) is 41.6 cm³/mol. The third-order valence-electron chi connectivity index (χ3n) is 0.913. The molecule has 0 saturated carbocycles. The lowest BCUT2D eigenvalue weighted by Crippen LogP contribution is -2.39. The summed E-state index contributed by atoms with van der Waals surface area (Å²) in [5.74, 6) is 0. The summed E-state index contributed by atoms with van der Waals surface area (Å²) >= 11 is 0. The van der Waals surface area contributed by atoms with Crippen LogP contribution in [0.3, 0.4) is 0 Å². The zero-order chi connectivity index (χ0) is 7.98. The molecule has 0 spiro atoms.